The molecule has 2 aliphatic rings. The highest BCUT2D eigenvalue weighted by Crippen LogP contribution is 2.47. The molecule has 0 spiro atoms. The van der Waals surface area contributed by atoms with Crippen LogP contribution in [-0.4, -0.2) is 13.2 Å². The highest BCUT2D eigenvalue weighted by atomic mass is 35.5. The maximum atomic E-state index is 6.34. The summed E-state index contributed by atoms with van der Waals surface area (Å²) in [6.07, 6.45) is 3.15. The lowest BCUT2D eigenvalue weighted by Gasteiger charge is -2.39. The van der Waals surface area contributed by atoms with Crippen LogP contribution in [0.2, 0.25) is 5.02 Å². The van der Waals surface area contributed by atoms with Crippen LogP contribution in [0.5, 0.6) is 11.5 Å². The molecule has 1 aliphatic carbocycles. The summed E-state index contributed by atoms with van der Waals surface area (Å²) in [5, 5.41) is 0.624. The minimum Gasteiger partial charge on any atom is -0.486 e. The number of hydrogen-bond donors (Lipinski definition) is 1. The number of fused-ring (bicyclic) bond motifs is 1. The third-order valence-corrected chi connectivity index (χ3v) is 3.81. The van der Waals surface area contributed by atoms with Gasteiger partial charge in [0.2, 0.25) is 0 Å². The van der Waals surface area contributed by atoms with E-state index in [1.807, 2.05) is 12.1 Å². The van der Waals surface area contributed by atoms with Gasteiger partial charge in [0.25, 0.3) is 0 Å². The van der Waals surface area contributed by atoms with Crippen LogP contribution in [0.25, 0.3) is 0 Å². The Balaban J connectivity index is 2.07. The van der Waals surface area contributed by atoms with Gasteiger partial charge in [0, 0.05) is 5.54 Å². The van der Waals surface area contributed by atoms with E-state index in [9.17, 15) is 0 Å². The first kappa shape index (κ1) is 10.2. The van der Waals surface area contributed by atoms with Crippen LogP contribution in [-0.2, 0) is 5.54 Å². The van der Waals surface area contributed by atoms with Gasteiger partial charge in [-0.1, -0.05) is 17.7 Å². The molecule has 1 fully saturated rings. The lowest BCUT2D eigenvalue weighted by molar-refractivity contribution is 0.170. The Morgan fingerprint density at radius 3 is 2.62 bits per heavy atom. The maximum absolute atomic E-state index is 6.34. The van der Waals surface area contributed by atoms with E-state index in [4.69, 9.17) is 26.8 Å². The molecule has 0 unspecified atom stereocenters. The van der Waals surface area contributed by atoms with Crippen LogP contribution < -0.4 is 15.2 Å². The molecule has 0 saturated heterocycles. The first-order chi connectivity index (χ1) is 7.71. The Hall–Kier alpha value is -0.930. The summed E-state index contributed by atoms with van der Waals surface area (Å²) in [7, 11) is 0. The van der Waals surface area contributed by atoms with Crippen molar-refractivity contribution in [3.63, 3.8) is 0 Å². The van der Waals surface area contributed by atoms with Crippen molar-refractivity contribution in [2.75, 3.05) is 13.2 Å². The van der Waals surface area contributed by atoms with Gasteiger partial charge in [-0.05, 0) is 30.9 Å². The Kier molecular flexibility index (Phi) is 2.26. The predicted octanol–water partition coefficient (Wildman–Crippen LogP) is 2.45. The molecule has 0 bridgehead atoms. The molecular weight excluding hydrogens is 226 g/mol. The number of nitrogens with two attached hydrogens (primary N) is 1. The smallest absolute Gasteiger partial charge is 0.180 e. The van der Waals surface area contributed by atoms with Crippen molar-refractivity contribution in [1.82, 2.24) is 0 Å². The molecule has 3 nitrogen and oxygen atoms in total. The first-order valence-corrected chi connectivity index (χ1v) is 5.96. The van der Waals surface area contributed by atoms with E-state index in [1.165, 1.54) is 6.42 Å². The summed E-state index contributed by atoms with van der Waals surface area (Å²) in [4.78, 5) is 0. The largest absolute Gasteiger partial charge is 0.486 e. The van der Waals surface area contributed by atoms with Gasteiger partial charge in [0.05, 0.1) is 5.02 Å². The second kappa shape index (κ2) is 3.54. The summed E-state index contributed by atoms with van der Waals surface area (Å²) < 4.78 is 11.0. The van der Waals surface area contributed by atoms with Crippen molar-refractivity contribution in [3.8, 4) is 11.5 Å². The SMILES string of the molecule is NC1(c2ccc3c(c2Cl)OCCO3)CCC1. The van der Waals surface area contributed by atoms with Gasteiger partial charge >= 0.3 is 0 Å². The summed E-state index contributed by atoms with van der Waals surface area (Å²) in [5.74, 6) is 1.38. The van der Waals surface area contributed by atoms with Gasteiger partial charge in [0.15, 0.2) is 11.5 Å². The molecule has 1 aliphatic heterocycles. The van der Waals surface area contributed by atoms with Crippen molar-refractivity contribution < 1.29 is 9.47 Å². The van der Waals surface area contributed by atoms with Gasteiger partial charge in [-0.25, -0.2) is 0 Å². The third-order valence-electron chi connectivity index (χ3n) is 3.43. The molecule has 3 rings (SSSR count). The Morgan fingerprint density at radius 2 is 1.94 bits per heavy atom. The number of benzene rings is 1. The van der Waals surface area contributed by atoms with Crippen molar-refractivity contribution in [3.05, 3.63) is 22.7 Å². The normalized spacial score (nSPS) is 21.4. The first-order valence-electron chi connectivity index (χ1n) is 5.58. The minimum atomic E-state index is -0.257. The van der Waals surface area contributed by atoms with Crippen LogP contribution in [0.4, 0.5) is 0 Å². The van der Waals surface area contributed by atoms with E-state index in [0.29, 0.717) is 24.0 Å². The molecule has 1 heterocycles. The fourth-order valence-corrected chi connectivity index (χ4v) is 2.69. The average Bonchev–Trinajstić information content (AvgIpc) is 2.27. The van der Waals surface area contributed by atoms with Gasteiger partial charge in [0.1, 0.15) is 13.2 Å². The lowest BCUT2D eigenvalue weighted by atomic mass is 9.72. The summed E-state index contributed by atoms with van der Waals surface area (Å²) in [6, 6.07) is 3.87. The van der Waals surface area contributed by atoms with Crippen LogP contribution in [0.1, 0.15) is 24.8 Å². The molecular formula is C12H14ClNO2. The minimum absolute atomic E-state index is 0.257. The van der Waals surface area contributed by atoms with Gasteiger partial charge in [-0.2, -0.15) is 0 Å². The molecule has 16 heavy (non-hydrogen) atoms. The zero-order valence-electron chi connectivity index (χ0n) is 8.96. The zero-order valence-corrected chi connectivity index (χ0v) is 9.72. The highest BCUT2D eigenvalue weighted by molar-refractivity contribution is 6.33. The van der Waals surface area contributed by atoms with Crippen molar-refractivity contribution in [2.24, 2.45) is 5.73 Å². The quantitative estimate of drug-likeness (QED) is 0.819. The van der Waals surface area contributed by atoms with E-state index >= 15 is 0 Å². The molecule has 0 aromatic heterocycles. The Bertz CT molecular complexity index is 429. The second-order valence-electron chi connectivity index (χ2n) is 4.46. The van der Waals surface area contributed by atoms with Crippen molar-refractivity contribution in [1.29, 1.82) is 0 Å². The van der Waals surface area contributed by atoms with Crippen LogP contribution in [0.15, 0.2) is 12.1 Å². The molecule has 1 aromatic carbocycles. The third kappa shape index (κ3) is 1.39. The van der Waals surface area contributed by atoms with E-state index < -0.39 is 0 Å². The Labute approximate surface area is 99.5 Å². The molecule has 2 N–H and O–H groups in total. The standard InChI is InChI=1S/C12H14ClNO2/c13-10-8(12(14)4-1-5-12)2-3-9-11(10)16-7-6-15-9/h2-3H,1,4-7,14H2. The predicted molar refractivity (Wildman–Crippen MR) is 62.2 cm³/mol. The van der Waals surface area contributed by atoms with E-state index in [-0.39, 0.29) is 5.54 Å². The van der Waals surface area contributed by atoms with Crippen LogP contribution in [0.3, 0.4) is 0 Å². The second-order valence-corrected chi connectivity index (χ2v) is 4.84. The zero-order chi connectivity index (χ0) is 11.2. The fraction of sp³-hybridized carbons (Fsp3) is 0.500. The van der Waals surface area contributed by atoms with Gasteiger partial charge in [-0.3, -0.25) is 0 Å². The monoisotopic (exact) mass is 239 g/mol. The number of ether oxygens (including phenoxy) is 2. The molecule has 86 valence electrons. The van der Waals surface area contributed by atoms with Crippen LogP contribution >= 0.6 is 11.6 Å². The summed E-state index contributed by atoms with van der Waals surface area (Å²) in [5.41, 5.74) is 7.01. The topological polar surface area (TPSA) is 44.5 Å². The van der Waals surface area contributed by atoms with E-state index in [2.05, 4.69) is 0 Å². The number of hydrogen-bond acceptors (Lipinski definition) is 3. The summed E-state index contributed by atoms with van der Waals surface area (Å²) >= 11 is 6.34. The highest BCUT2D eigenvalue weighted by Gasteiger charge is 2.37. The number of rotatable bonds is 1. The average molecular weight is 240 g/mol. The molecule has 0 amide bonds. The lowest BCUT2D eigenvalue weighted by Crippen LogP contribution is -2.43. The Morgan fingerprint density at radius 1 is 1.19 bits per heavy atom. The van der Waals surface area contributed by atoms with E-state index in [1.54, 1.807) is 0 Å². The number of halogens is 1. The van der Waals surface area contributed by atoms with Gasteiger partial charge in [-0.15, -0.1) is 0 Å². The van der Waals surface area contributed by atoms with Crippen molar-refractivity contribution in [2.45, 2.75) is 24.8 Å². The van der Waals surface area contributed by atoms with Gasteiger partial charge < -0.3 is 15.2 Å². The summed E-state index contributed by atoms with van der Waals surface area (Å²) in [6.45, 7) is 1.13. The van der Waals surface area contributed by atoms with E-state index in [0.717, 1.165) is 24.2 Å². The molecule has 0 atom stereocenters. The molecule has 1 aromatic rings. The maximum Gasteiger partial charge on any atom is 0.180 e. The fourth-order valence-electron chi connectivity index (χ4n) is 2.29. The molecule has 4 heteroatoms. The van der Waals surface area contributed by atoms with Crippen LogP contribution in [0, 0.1) is 0 Å². The van der Waals surface area contributed by atoms with Crippen molar-refractivity contribution >= 4 is 11.6 Å². The molecule has 0 radical (unpaired) electrons. The molecule has 1 saturated carbocycles.